The van der Waals surface area contributed by atoms with E-state index in [1.807, 2.05) is 13.8 Å². The van der Waals surface area contributed by atoms with Crippen LogP contribution < -0.4 is 5.32 Å². The van der Waals surface area contributed by atoms with E-state index in [-0.39, 0.29) is 12.5 Å². The Bertz CT molecular complexity index is 450. The van der Waals surface area contributed by atoms with Crippen molar-refractivity contribution in [1.82, 2.24) is 4.98 Å². The minimum absolute atomic E-state index is 0.117. The predicted molar refractivity (Wildman–Crippen MR) is 74.1 cm³/mol. The number of hydrogen-bond donors (Lipinski definition) is 2. The first-order valence-corrected chi connectivity index (χ1v) is 6.32. The number of aliphatic hydroxyl groups excluding tert-OH is 1. The molecule has 1 amide bonds. The second kappa shape index (κ2) is 6.02. The van der Waals surface area contributed by atoms with Gasteiger partial charge in [0.1, 0.15) is 5.60 Å². The van der Waals surface area contributed by atoms with Gasteiger partial charge in [0.2, 0.25) is 0 Å². The molecule has 1 aromatic heterocycles. The van der Waals surface area contributed by atoms with Crippen LogP contribution in [0.5, 0.6) is 0 Å². The Balaban J connectivity index is 2.94. The Kier molecular flexibility index (Phi) is 4.89. The smallest absolute Gasteiger partial charge is 0.412 e. The van der Waals surface area contributed by atoms with Gasteiger partial charge in [0.25, 0.3) is 0 Å². The highest BCUT2D eigenvalue weighted by Crippen LogP contribution is 2.23. The quantitative estimate of drug-likeness (QED) is 0.882. The van der Waals surface area contributed by atoms with Crippen molar-refractivity contribution in [3.05, 3.63) is 23.5 Å². The van der Waals surface area contributed by atoms with E-state index in [9.17, 15) is 4.79 Å². The maximum atomic E-state index is 11.8. The Morgan fingerprint density at radius 1 is 1.47 bits per heavy atom. The number of pyridine rings is 1. The molecule has 0 aliphatic rings. The summed E-state index contributed by atoms with van der Waals surface area (Å²) >= 11 is 0. The lowest BCUT2D eigenvalue weighted by Gasteiger charge is -2.21. The minimum atomic E-state index is -0.551. The molecule has 2 N–H and O–H groups in total. The van der Waals surface area contributed by atoms with Gasteiger partial charge in [0.15, 0.2) is 0 Å². The van der Waals surface area contributed by atoms with Crippen molar-refractivity contribution in [3.8, 4) is 0 Å². The number of carbonyl (C=O) groups excluding carboxylic acids is 1. The molecular formula is C14H22N2O3. The molecule has 1 rings (SSSR count). The second-order valence-electron chi connectivity index (χ2n) is 5.72. The molecule has 19 heavy (non-hydrogen) atoms. The van der Waals surface area contributed by atoms with Crippen LogP contribution in [0.4, 0.5) is 10.5 Å². The summed E-state index contributed by atoms with van der Waals surface area (Å²) in [5.74, 6) is 0.165. The third-order valence-corrected chi connectivity index (χ3v) is 2.34. The molecule has 1 heterocycles. The lowest BCUT2D eigenvalue weighted by molar-refractivity contribution is 0.0635. The van der Waals surface area contributed by atoms with E-state index in [0.29, 0.717) is 11.3 Å². The first-order chi connectivity index (χ1) is 8.73. The Hall–Kier alpha value is -1.62. The van der Waals surface area contributed by atoms with Crippen molar-refractivity contribution in [2.45, 2.75) is 52.7 Å². The van der Waals surface area contributed by atoms with Gasteiger partial charge in [-0.15, -0.1) is 0 Å². The van der Waals surface area contributed by atoms with Gasteiger partial charge in [0, 0.05) is 6.20 Å². The standard InChI is InChI=1S/C14H22N2O3/c1-9(2)12-11(6-10(8-17)7-15-12)16-13(18)19-14(3,4)5/h6-7,9,17H,8H2,1-5H3,(H,16,18). The fraction of sp³-hybridized carbons (Fsp3) is 0.571. The largest absolute Gasteiger partial charge is 0.444 e. The maximum Gasteiger partial charge on any atom is 0.412 e. The predicted octanol–water partition coefficient (Wildman–Crippen LogP) is 3.04. The van der Waals surface area contributed by atoms with Crippen LogP contribution >= 0.6 is 0 Å². The Morgan fingerprint density at radius 3 is 2.58 bits per heavy atom. The van der Waals surface area contributed by atoms with Gasteiger partial charge < -0.3 is 9.84 Å². The lowest BCUT2D eigenvalue weighted by Crippen LogP contribution is -2.27. The van der Waals surface area contributed by atoms with Crippen LogP contribution in [0.2, 0.25) is 0 Å². The maximum absolute atomic E-state index is 11.8. The summed E-state index contributed by atoms with van der Waals surface area (Å²) in [7, 11) is 0. The number of amides is 1. The third-order valence-electron chi connectivity index (χ3n) is 2.34. The molecule has 0 saturated heterocycles. The van der Waals surface area contributed by atoms with Crippen molar-refractivity contribution >= 4 is 11.8 Å². The molecule has 0 aliphatic carbocycles. The molecular weight excluding hydrogens is 244 g/mol. The number of aliphatic hydroxyl groups is 1. The van der Waals surface area contributed by atoms with Gasteiger partial charge in [-0.1, -0.05) is 13.8 Å². The molecule has 106 valence electrons. The molecule has 0 bridgehead atoms. The van der Waals surface area contributed by atoms with E-state index >= 15 is 0 Å². The van der Waals surface area contributed by atoms with Crippen LogP contribution in [0.15, 0.2) is 12.3 Å². The summed E-state index contributed by atoms with van der Waals surface area (Å²) in [5.41, 5.74) is 1.44. The molecule has 5 nitrogen and oxygen atoms in total. The molecule has 0 spiro atoms. The van der Waals surface area contributed by atoms with E-state index < -0.39 is 11.7 Å². The van der Waals surface area contributed by atoms with Crippen molar-refractivity contribution < 1.29 is 14.6 Å². The lowest BCUT2D eigenvalue weighted by atomic mass is 10.1. The summed E-state index contributed by atoms with van der Waals surface area (Å²) in [6.45, 7) is 9.27. The highest BCUT2D eigenvalue weighted by molar-refractivity contribution is 5.85. The third kappa shape index (κ3) is 4.87. The highest BCUT2D eigenvalue weighted by Gasteiger charge is 2.18. The molecule has 1 aromatic rings. The van der Waals surface area contributed by atoms with Gasteiger partial charge >= 0.3 is 6.09 Å². The fourth-order valence-corrected chi connectivity index (χ4v) is 1.58. The van der Waals surface area contributed by atoms with Gasteiger partial charge in [-0.3, -0.25) is 10.3 Å². The number of anilines is 1. The van der Waals surface area contributed by atoms with Gasteiger partial charge in [-0.2, -0.15) is 0 Å². The molecule has 0 atom stereocenters. The van der Waals surface area contributed by atoms with Crippen LogP contribution in [-0.4, -0.2) is 21.8 Å². The summed E-state index contributed by atoms with van der Waals surface area (Å²) < 4.78 is 5.21. The zero-order chi connectivity index (χ0) is 14.6. The second-order valence-corrected chi connectivity index (χ2v) is 5.72. The van der Waals surface area contributed by atoms with Crippen LogP contribution in [0, 0.1) is 0 Å². The molecule has 0 aromatic carbocycles. The van der Waals surface area contributed by atoms with E-state index in [2.05, 4.69) is 10.3 Å². The first kappa shape index (κ1) is 15.4. The molecule has 0 aliphatic heterocycles. The highest BCUT2D eigenvalue weighted by atomic mass is 16.6. The van der Waals surface area contributed by atoms with Crippen molar-refractivity contribution in [3.63, 3.8) is 0 Å². The van der Waals surface area contributed by atoms with Crippen LogP contribution in [0.25, 0.3) is 0 Å². The number of ether oxygens (including phenoxy) is 1. The van der Waals surface area contributed by atoms with Gasteiger partial charge in [-0.05, 0) is 38.3 Å². The van der Waals surface area contributed by atoms with Crippen molar-refractivity contribution in [1.29, 1.82) is 0 Å². The molecule has 0 fully saturated rings. The van der Waals surface area contributed by atoms with Gasteiger partial charge in [-0.25, -0.2) is 4.79 Å². The SMILES string of the molecule is CC(C)c1ncc(CO)cc1NC(=O)OC(C)(C)C. The number of nitrogens with zero attached hydrogens (tertiary/aromatic N) is 1. The monoisotopic (exact) mass is 266 g/mol. The minimum Gasteiger partial charge on any atom is -0.444 e. The summed E-state index contributed by atoms with van der Waals surface area (Å²) in [6, 6.07) is 1.71. The summed E-state index contributed by atoms with van der Waals surface area (Å²) in [4.78, 5) is 16.0. The number of aromatic nitrogens is 1. The van der Waals surface area contributed by atoms with Crippen LogP contribution in [0.3, 0.4) is 0 Å². The fourth-order valence-electron chi connectivity index (χ4n) is 1.58. The van der Waals surface area contributed by atoms with Crippen molar-refractivity contribution in [2.75, 3.05) is 5.32 Å². The average molecular weight is 266 g/mol. The van der Waals surface area contributed by atoms with Crippen molar-refractivity contribution in [2.24, 2.45) is 0 Å². The molecule has 0 unspecified atom stereocenters. The molecule has 0 radical (unpaired) electrons. The van der Waals surface area contributed by atoms with E-state index in [1.54, 1.807) is 33.0 Å². The number of hydrogen-bond acceptors (Lipinski definition) is 4. The van der Waals surface area contributed by atoms with Gasteiger partial charge in [0.05, 0.1) is 18.0 Å². The number of rotatable bonds is 3. The topological polar surface area (TPSA) is 71.5 Å². The zero-order valence-corrected chi connectivity index (χ0v) is 12.2. The number of carbonyl (C=O) groups is 1. The molecule has 0 saturated carbocycles. The van der Waals surface area contributed by atoms with E-state index in [0.717, 1.165) is 5.69 Å². The van der Waals surface area contributed by atoms with Crippen LogP contribution in [0.1, 0.15) is 51.8 Å². The summed E-state index contributed by atoms with van der Waals surface area (Å²) in [5, 5.41) is 11.8. The van der Waals surface area contributed by atoms with Crippen LogP contribution in [-0.2, 0) is 11.3 Å². The van der Waals surface area contributed by atoms with E-state index in [4.69, 9.17) is 9.84 Å². The van der Waals surface area contributed by atoms with E-state index in [1.165, 1.54) is 0 Å². The first-order valence-electron chi connectivity index (χ1n) is 6.32. The molecule has 5 heteroatoms. The average Bonchev–Trinajstić information content (AvgIpc) is 2.25. The Labute approximate surface area is 114 Å². The number of nitrogens with one attached hydrogen (secondary N) is 1. The Morgan fingerprint density at radius 2 is 2.11 bits per heavy atom. The normalized spacial score (nSPS) is 11.5. The zero-order valence-electron chi connectivity index (χ0n) is 12.2. The summed E-state index contributed by atoms with van der Waals surface area (Å²) in [6.07, 6.45) is 1.08.